The molecule has 1 saturated heterocycles. The predicted molar refractivity (Wildman–Crippen MR) is 129 cm³/mol. The van der Waals surface area contributed by atoms with Crippen LogP contribution in [0.25, 0.3) is 0 Å². The van der Waals surface area contributed by atoms with E-state index in [1.807, 2.05) is 0 Å². The van der Waals surface area contributed by atoms with Crippen molar-refractivity contribution in [3.8, 4) is 0 Å². The minimum absolute atomic E-state index is 0.0221. The van der Waals surface area contributed by atoms with E-state index in [-0.39, 0.29) is 19.2 Å². The van der Waals surface area contributed by atoms with Crippen molar-refractivity contribution in [2.75, 3.05) is 13.2 Å². The number of hydrogen-bond donors (Lipinski definition) is 3. The summed E-state index contributed by atoms with van der Waals surface area (Å²) in [5, 5.41) is 29.0. The molecule has 7 heteroatoms. The lowest BCUT2D eigenvalue weighted by atomic mass is 10.1. The van der Waals surface area contributed by atoms with E-state index in [9.17, 15) is 20.1 Å². The van der Waals surface area contributed by atoms with Crippen LogP contribution < -0.4 is 0 Å². The average molecular weight is 471 g/mol. The Morgan fingerprint density at radius 2 is 1.55 bits per heavy atom. The van der Waals surface area contributed by atoms with Crippen LogP contribution >= 0.6 is 0 Å². The van der Waals surface area contributed by atoms with Gasteiger partial charge in [-0.25, -0.2) is 4.79 Å². The zero-order chi connectivity index (χ0) is 24.7. The lowest BCUT2D eigenvalue weighted by Crippen LogP contribution is -2.41. The van der Waals surface area contributed by atoms with E-state index in [0.717, 1.165) is 25.7 Å². The van der Waals surface area contributed by atoms with Gasteiger partial charge in [-0.2, -0.15) is 0 Å². The summed E-state index contributed by atoms with van der Waals surface area (Å²) in [6, 6.07) is 0. The molecule has 192 valence electrons. The molecule has 0 amide bonds. The van der Waals surface area contributed by atoms with Crippen molar-refractivity contribution >= 4 is 11.9 Å². The Labute approximate surface area is 199 Å². The van der Waals surface area contributed by atoms with Gasteiger partial charge in [0.2, 0.25) is 0 Å². The molecule has 1 fully saturated rings. The summed E-state index contributed by atoms with van der Waals surface area (Å²) in [6.45, 7) is 4.68. The van der Waals surface area contributed by atoms with Gasteiger partial charge in [0, 0.05) is 6.42 Å². The fourth-order valence-corrected chi connectivity index (χ4v) is 3.65. The van der Waals surface area contributed by atoms with Gasteiger partial charge < -0.3 is 24.8 Å². The number of rotatable bonds is 18. The average Bonchev–Trinajstić information content (AvgIpc) is 3.13. The molecule has 4 atom stereocenters. The number of carbonyl (C=O) groups is 1. The molecule has 0 aliphatic carbocycles. The molecule has 33 heavy (non-hydrogen) atoms. The van der Waals surface area contributed by atoms with Gasteiger partial charge in [0.25, 0.3) is 0 Å². The van der Waals surface area contributed by atoms with E-state index in [1.165, 1.54) is 63.7 Å². The molecule has 0 radical (unpaired) electrons. The number of aliphatic hydroxyl groups excluding tert-OH is 3. The summed E-state index contributed by atoms with van der Waals surface area (Å²) >= 11 is 0. The van der Waals surface area contributed by atoms with Gasteiger partial charge in [-0.05, 0) is 38.7 Å². The Bertz CT molecular complexity index is 529. The van der Waals surface area contributed by atoms with Crippen LogP contribution in [-0.4, -0.2) is 64.9 Å². The quantitative estimate of drug-likeness (QED) is 0.120. The normalized spacial score (nSPS) is 20.8. The largest absolute Gasteiger partial charge is 0.463 e. The fraction of sp³-hybridized carbons (Fsp3) is 0.808. The van der Waals surface area contributed by atoms with E-state index in [0.29, 0.717) is 6.42 Å². The minimum Gasteiger partial charge on any atom is -0.463 e. The first kappa shape index (κ1) is 31.5. The van der Waals surface area contributed by atoms with Crippen LogP contribution in [0.5, 0.6) is 0 Å². The molecule has 0 saturated carbocycles. The number of ether oxygens (including phenoxy) is 2. The van der Waals surface area contributed by atoms with Crippen LogP contribution in [0.3, 0.4) is 0 Å². The number of carbonyl (C=O) groups excluding carboxylic acids is 2. The Hall–Kier alpha value is -1.50. The van der Waals surface area contributed by atoms with Crippen molar-refractivity contribution in [1.82, 2.24) is 0 Å². The van der Waals surface area contributed by atoms with Crippen LogP contribution in [0.1, 0.15) is 96.8 Å². The van der Waals surface area contributed by atoms with E-state index >= 15 is 0 Å². The standard InChI is InChI=1S/C24H44O6.C2H2O/c1-2-3-4-5-6-7-8-9-10-11-12-13-14-15-16-17-22(27)29-19-21(26)24-23(28)20(25)18-30-24;1-2-3/h9-10,20-21,23-26,28H,2-8,11-19H2,1H3;1H2/b10-9-;/t20-,21+,23+,24+;/m0./s1. The van der Waals surface area contributed by atoms with E-state index in [1.54, 1.807) is 0 Å². The maximum atomic E-state index is 11.7. The number of unbranched alkanes of at least 4 members (excludes halogenated alkanes) is 11. The summed E-state index contributed by atoms with van der Waals surface area (Å²) < 4.78 is 10.2. The third kappa shape index (κ3) is 17.6. The van der Waals surface area contributed by atoms with Crippen LogP contribution in [0.15, 0.2) is 18.7 Å². The maximum Gasteiger partial charge on any atom is 0.305 e. The topological polar surface area (TPSA) is 113 Å². The molecule has 0 aromatic heterocycles. The molecule has 0 aromatic rings. The number of esters is 1. The minimum atomic E-state index is -1.15. The third-order valence-corrected chi connectivity index (χ3v) is 5.63. The summed E-state index contributed by atoms with van der Waals surface area (Å²) in [5.74, 6) is 0.903. The van der Waals surface area contributed by atoms with E-state index < -0.39 is 24.4 Å². The molecule has 0 unspecified atom stereocenters. The Balaban J connectivity index is 0.00000322. The number of allylic oxidation sites excluding steroid dienone is 2. The van der Waals surface area contributed by atoms with Gasteiger partial charge in [0.1, 0.15) is 37.0 Å². The van der Waals surface area contributed by atoms with Crippen LogP contribution in [0.2, 0.25) is 0 Å². The van der Waals surface area contributed by atoms with E-state index in [2.05, 4.69) is 25.7 Å². The molecule has 1 rings (SSSR count). The molecule has 1 aliphatic heterocycles. The Morgan fingerprint density at radius 1 is 1.03 bits per heavy atom. The monoisotopic (exact) mass is 470 g/mol. The van der Waals surface area contributed by atoms with Crippen molar-refractivity contribution in [3.05, 3.63) is 18.7 Å². The Kier molecular flexibility index (Phi) is 21.3. The van der Waals surface area contributed by atoms with Gasteiger partial charge in [-0.3, -0.25) is 4.79 Å². The first-order chi connectivity index (χ1) is 16.0. The van der Waals surface area contributed by atoms with Crippen molar-refractivity contribution < 1.29 is 34.4 Å². The fourth-order valence-electron chi connectivity index (χ4n) is 3.65. The molecular weight excluding hydrogens is 424 g/mol. The van der Waals surface area contributed by atoms with Crippen molar-refractivity contribution in [1.29, 1.82) is 0 Å². The van der Waals surface area contributed by atoms with Gasteiger partial charge in [-0.15, -0.1) is 0 Å². The molecule has 0 aromatic carbocycles. The van der Waals surface area contributed by atoms with Gasteiger partial charge in [0.15, 0.2) is 0 Å². The molecule has 0 bridgehead atoms. The van der Waals surface area contributed by atoms with Crippen molar-refractivity contribution in [2.45, 2.75) is 121 Å². The van der Waals surface area contributed by atoms with Crippen molar-refractivity contribution in [2.24, 2.45) is 0 Å². The lowest BCUT2D eigenvalue weighted by Gasteiger charge is -2.20. The number of aliphatic hydroxyl groups is 3. The predicted octanol–water partition coefficient (Wildman–Crippen LogP) is 4.05. The van der Waals surface area contributed by atoms with Gasteiger partial charge in [0.05, 0.1) is 6.61 Å². The molecular formula is C26H46O7. The molecule has 3 N–H and O–H groups in total. The molecule has 7 nitrogen and oxygen atoms in total. The van der Waals surface area contributed by atoms with Gasteiger partial charge >= 0.3 is 5.97 Å². The van der Waals surface area contributed by atoms with Gasteiger partial charge in [-0.1, -0.05) is 70.4 Å². The molecule has 0 spiro atoms. The van der Waals surface area contributed by atoms with Crippen LogP contribution in [-0.2, 0) is 19.1 Å². The second-order valence-electron chi connectivity index (χ2n) is 8.58. The first-order valence-electron chi connectivity index (χ1n) is 12.6. The zero-order valence-corrected chi connectivity index (χ0v) is 20.5. The Morgan fingerprint density at radius 3 is 2.06 bits per heavy atom. The highest BCUT2D eigenvalue weighted by molar-refractivity contribution is 5.69. The zero-order valence-electron chi connectivity index (χ0n) is 20.5. The van der Waals surface area contributed by atoms with Crippen LogP contribution in [0.4, 0.5) is 0 Å². The summed E-state index contributed by atoms with van der Waals surface area (Å²) in [4.78, 5) is 20.3. The van der Waals surface area contributed by atoms with Crippen LogP contribution in [0, 0.1) is 0 Å². The first-order valence-corrected chi connectivity index (χ1v) is 12.6. The number of hydrogen-bond acceptors (Lipinski definition) is 7. The highest BCUT2D eigenvalue weighted by atomic mass is 16.6. The summed E-state index contributed by atoms with van der Waals surface area (Å²) in [5.41, 5.74) is 0. The smallest absolute Gasteiger partial charge is 0.305 e. The SMILES string of the molecule is C=C=O.CCCCCCCC/C=C\CCCCCCCC(=O)OC[C@@H](O)[C@H]1OC[C@H](O)[C@H]1O. The second-order valence-corrected chi connectivity index (χ2v) is 8.58. The van der Waals surface area contributed by atoms with Crippen molar-refractivity contribution in [3.63, 3.8) is 0 Å². The maximum absolute atomic E-state index is 11.7. The third-order valence-electron chi connectivity index (χ3n) is 5.63. The molecule has 1 heterocycles. The molecule has 1 aliphatic rings. The summed E-state index contributed by atoms with van der Waals surface area (Å²) in [7, 11) is 0. The van der Waals surface area contributed by atoms with E-state index in [4.69, 9.17) is 14.3 Å². The highest BCUT2D eigenvalue weighted by Gasteiger charge is 2.39. The lowest BCUT2D eigenvalue weighted by molar-refractivity contribution is -0.151. The highest BCUT2D eigenvalue weighted by Crippen LogP contribution is 2.18. The second kappa shape index (κ2) is 22.3. The summed E-state index contributed by atoms with van der Waals surface area (Å²) in [6.07, 6.45) is 16.5.